The van der Waals surface area contributed by atoms with Gasteiger partial charge in [0, 0.05) is 17.8 Å². The molecule has 1 aromatic carbocycles. The number of carbonyl (C=O) groups is 1. The molecule has 0 atom stereocenters. The Hall–Kier alpha value is -2.22. The van der Waals surface area contributed by atoms with Gasteiger partial charge in [0.15, 0.2) is 5.69 Å². The Labute approximate surface area is 115 Å². The van der Waals surface area contributed by atoms with Crippen LogP contribution in [0.2, 0.25) is 0 Å². The van der Waals surface area contributed by atoms with Gasteiger partial charge in [0.05, 0.1) is 15.1 Å². The van der Waals surface area contributed by atoms with Gasteiger partial charge in [0.25, 0.3) is 5.69 Å². The Balaban J connectivity index is 2.53. The Morgan fingerprint density at radius 3 is 2.74 bits per heavy atom. The average molecular weight is 326 g/mol. The number of nitro groups is 1. The molecule has 1 N–H and O–H groups in total. The predicted octanol–water partition coefficient (Wildman–Crippen LogP) is 2.55. The first-order valence-corrected chi connectivity index (χ1v) is 5.93. The third-order valence-corrected chi connectivity index (χ3v) is 3.15. The van der Waals surface area contributed by atoms with Gasteiger partial charge in [0.2, 0.25) is 0 Å². The van der Waals surface area contributed by atoms with Crippen molar-refractivity contribution in [2.45, 2.75) is 6.92 Å². The van der Waals surface area contributed by atoms with E-state index in [1.165, 1.54) is 23.0 Å². The molecule has 0 aliphatic heterocycles. The van der Waals surface area contributed by atoms with Crippen LogP contribution in [-0.4, -0.2) is 25.8 Å². The van der Waals surface area contributed by atoms with Gasteiger partial charge < -0.3 is 5.11 Å². The fraction of sp³-hybridized carbons (Fsp3) is 0.0909. The summed E-state index contributed by atoms with van der Waals surface area (Å²) in [6.45, 7) is 1.61. The first-order chi connectivity index (χ1) is 8.90. The summed E-state index contributed by atoms with van der Waals surface area (Å²) in [6.07, 6.45) is 1.48. The molecule has 0 aliphatic rings. The van der Waals surface area contributed by atoms with Crippen LogP contribution in [0.5, 0.6) is 0 Å². The second kappa shape index (κ2) is 4.81. The van der Waals surface area contributed by atoms with Crippen molar-refractivity contribution in [2.75, 3.05) is 0 Å². The second-order valence-electron chi connectivity index (χ2n) is 3.80. The van der Waals surface area contributed by atoms with E-state index in [1.54, 1.807) is 13.0 Å². The average Bonchev–Trinajstić information content (AvgIpc) is 2.80. The number of aryl methyl sites for hydroxylation is 1. The number of hydrogen-bond donors (Lipinski definition) is 1. The summed E-state index contributed by atoms with van der Waals surface area (Å²) in [5, 5.41) is 23.5. The maximum absolute atomic E-state index is 10.8. The number of halogens is 1. The minimum Gasteiger partial charge on any atom is -0.476 e. The van der Waals surface area contributed by atoms with E-state index < -0.39 is 10.9 Å². The van der Waals surface area contributed by atoms with Crippen molar-refractivity contribution in [3.05, 3.63) is 50.2 Å². The number of carboxylic acid groups (broad SMARTS) is 1. The SMILES string of the molecule is Cc1cc(-n2ccc(C(=O)O)n2)c(Br)cc1[N+](=O)[O-]. The smallest absolute Gasteiger partial charge is 0.356 e. The zero-order valence-corrected chi connectivity index (χ0v) is 11.3. The number of aromatic nitrogens is 2. The molecule has 7 nitrogen and oxygen atoms in total. The van der Waals surface area contributed by atoms with E-state index in [-0.39, 0.29) is 11.4 Å². The van der Waals surface area contributed by atoms with Crippen LogP contribution >= 0.6 is 15.9 Å². The molecule has 8 heteroatoms. The van der Waals surface area contributed by atoms with E-state index in [4.69, 9.17) is 5.11 Å². The van der Waals surface area contributed by atoms with Crippen LogP contribution in [0.3, 0.4) is 0 Å². The van der Waals surface area contributed by atoms with Crippen LogP contribution in [0.15, 0.2) is 28.9 Å². The topological polar surface area (TPSA) is 98.3 Å². The molecule has 0 radical (unpaired) electrons. The molecular formula is C11H8BrN3O4. The molecule has 0 unspecified atom stereocenters. The van der Waals surface area contributed by atoms with Crippen molar-refractivity contribution in [3.63, 3.8) is 0 Å². The molecule has 2 aromatic rings. The van der Waals surface area contributed by atoms with Gasteiger partial charge in [-0.25, -0.2) is 9.48 Å². The summed E-state index contributed by atoms with van der Waals surface area (Å²) in [5.74, 6) is -1.13. The predicted molar refractivity (Wildman–Crippen MR) is 69.6 cm³/mol. The summed E-state index contributed by atoms with van der Waals surface area (Å²) in [4.78, 5) is 21.1. The number of hydrogen-bond acceptors (Lipinski definition) is 4. The molecule has 0 saturated heterocycles. The van der Waals surface area contributed by atoms with Gasteiger partial charge in [0.1, 0.15) is 0 Å². The van der Waals surface area contributed by atoms with Crippen LogP contribution in [0, 0.1) is 17.0 Å². The van der Waals surface area contributed by atoms with Crippen molar-refractivity contribution < 1.29 is 14.8 Å². The van der Waals surface area contributed by atoms with Crippen molar-refractivity contribution >= 4 is 27.6 Å². The third kappa shape index (κ3) is 2.48. The van der Waals surface area contributed by atoms with E-state index in [1.807, 2.05) is 0 Å². The zero-order chi connectivity index (χ0) is 14.2. The van der Waals surface area contributed by atoms with E-state index in [9.17, 15) is 14.9 Å². The van der Waals surface area contributed by atoms with Gasteiger partial charge in [-0.15, -0.1) is 0 Å². The fourth-order valence-corrected chi connectivity index (χ4v) is 2.11. The van der Waals surface area contributed by atoms with Crippen LogP contribution in [0.25, 0.3) is 5.69 Å². The molecule has 0 aliphatic carbocycles. The lowest BCUT2D eigenvalue weighted by molar-refractivity contribution is -0.385. The van der Waals surface area contributed by atoms with Crippen LogP contribution < -0.4 is 0 Å². The van der Waals surface area contributed by atoms with Gasteiger partial charge in [-0.2, -0.15) is 5.10 Å². The molecular weight excluding hydrogens is 318 g/mol. The Bertz CT molecular complexity index is 681. The van der Waals surface area contributed by atoms with Gasteiger partial charge >= 0.3 is 5.97 Å². The summed E-state index contributed by atoms with van der Waals surface area (Å²) >= 11 is 3.22. The first kappa shape index (κ1) is 13.2. The van der Waals surface area contributed by atoms with Gasteiger partial charge in [-0.3, -0.25) is 10.1 Å². The van der Waals surface area contributed by atoms with Crippen molar-refractivity contribution in [1.82, 2.24) is 9.78 Å². The van der Waals surface area contributed by atoms with Crippen LogP contribution in [0.1, 0.15) is 16.1 Å². The van der Waals surface area contributed by atoms with Gasteiger partial charge in [-0.05, 0) is 35.0 Å². The van der Waals surface area contributed by atoms with E-state index in [0.29, 0.717) is 15.7 Å². The summed E-state index contributed by atoms with van der Waals surface area (Å²) in [5.41, 5.74) is 0.898. The molecule has 0 saturated carbocycles. The maximum Gasteiger partial charge on any atom is 0.356 e. The Morgan fingerprint density at radius 1 is 1.53 bits per heavy atom. The highest BCUT2D eigenvalue weighted by molar-refractivity contribution is 9.10. The molecule has 0 fully saturated rings. The molecule has 2 rings (SSSR count). The van der Waals surface area contributed by atoms with Gasteiger partial charge in [-0.1, -0.05) is 0 Å². The third-order valence-electron chi connectivity index (χ3n) is 2.52. The van der Waals surface area contributed by atoms with E-state index in [2.05, 4.69) is 21.0 Å². The lowest BCUT2D eigenvalue weighted by Gasteiger charge is -2.06. The van der Waals surface area contributed by atoms with E-state index >= 15 is 0 Å². The lowest BCUT2D eigenvalue weighted by atomic mass is 10.2. The van der Waals surface area contributed by atoms with Crippen LogP contribution in [-0.2, 0) is 0 Å². The van der Waals surface area contributed by atoms with Crippen molar-refractivity contribution in [3.8, 4) is 5.69 Å². The quantitative estimate of drug-likeness (QED) is 0.690. The molecule has 19 heavy (non-hydrogen) atoms. The fourth-order valence-electron chi connectivity index (χ4n) is 1.60. The normalized spacial score (nSPS) is 10.4. The summed E-state index contributed by atoms with van der Waals surface area (Å²) < 4.78 is 1.81. The summed E-state index contributed by atoms with van der Waals surface area (Å²) in [6, 6.07) is 4.29. The highest BCUT2D eigenvalue weighted by atomic mass is 79.9. The minimum atomic E-state index is -1.13. The lowest BCUT2D eigenvalue weighted by Crippen LogP contribution is -2.02. The second-order valence-corrected chi connectivity index (χ2v) is 4.65. The van der Waals surface area contributed by atoms with E-state index in [0.717, 1.165) is 0 Å². The van der Waals surface area contributed by atoms with Crippen molar-refractivity contribution in [1.29, 1.82) is 0 Å². The highest BCUT2D eigenvalue weighted by Crippen LogP contribution is 2.29. The Kier molecular flexibility index (Phi) is 3.34. The number of nitro benzene ring substituents is 1. The maximum atomic E-state index is 10.8. The number of carboxylic acids is 1. The van der Waals surface area contributed by atoms with Crippen LogP contribution in [0.4, 0.5) is 5.69 Å². The molecule has 0 bridgehead atoms. The number of benzene rings is 1. The molecule has 1 aromatic heterocycles. The first-order valence-electron chi connectivity index (χ1n) is 5.14. The molecule has 98 valence electrons. The Morgan fingerprint density at radius 2 is 2.21 bits per heavy atom. The molecule has 0 amide bonds. The number of nitrogens with zero attached hydrogens (tertiary/aromatic N) is 3. The van der Waals surface area contributed by atoms with Crippen molar-refractivity contribution in [2.24, 2.45) is 0 Å². The summed E-state index contributed by atoms with van der Waals surface area (Å²) in [7, 11) is 0. The number of aromatic carboxylic acids is 1. The number of rotatable bonds is 3. The largest absolute Gasteiger partial charge is 0.476 e. The monoisotopic (exact) mass is 325 g/mol. The zero-order valence-electron chi connectivity index (χ0n) is 9.70. The molecule has 0 spiro atoms. The standard InChI is InChI=1S/C11H8BrN3O4/c1-6-4-10(7(12)5-9(6)15(18)19)14-3-2-8(13-14)11(16)17/h2-5H,1H3,(H,16,17). The minimum absolute atomic E-state index is 0.0127. The molecule has 1 heterocycles. The highest BCUT2D eigenvalue weighted by Gasteiger charge is 2.16.